The van der Waals surface area contributed by atoms with E-state index in [1.807, 2.05) is 6.92 Å². The Morgan fingerprint density at radius 3 is 2.83 bits per heavy atom. The topological polar surface area (TPSA) is 84.3 Å². The monoisotopic (exact) mass is 255 g/mol. The molecule has 0 unspecified atom stereocenters. The molecule has 2 N–H and O–H groups in total. The average Bonchev–Trinajstić information content (AvgIpc) is 2.31. The third-order valence-electron chi connectivity index (χ3n) is 2.21. The predicted octanol–water partition coefficient (Wildman–Crippen LogP) is 1.67. The quantitative estimate of drug-likeness (QED) is 0.460. The summed E-state index contributed by atoms with van der Waals surface area (Å²) in [5, 5.41) is 16.0. The molecular weight excluding hydrogens is 241 g/mol. The lowest BCUT2D eigenvalue weighted by molar-refractivity contribution is -0.384. The van der Waals surface area contributed by atoms with Crippen molar-refractivity contribution < 1.29 is 14.1 Å². The molecular formula is C11H14FN3O3. The molecule has 1 amide bonds. The van der Waals surface area contributed by atoms with Gasteiger partial charge in [-0.05, 0) is 18.7 Å². The Labute approximate surface area is 103 Å². The van der Waals surface area contributed by atoms with Crippen molar-refractivity contribution >= 4 is 17.3 Å². The molecule has 0 aliphatic rings. The highest BCUT2D eigenvalue weighted by molar-refractivity contribution is 5.93. The lowest BCUT2D eigenvalue weighted by Crippen LogP contribution is -2.21. The van der Waals surface area contributed by atoms with Gasteiger partial charge >= 0.3 is 0 Å². The van der Waals surface area contributed by atoms with Gasteiger partial charge in [-0.25, -0.2) is 4.39 Å². The maximum Gasteiger partial charge on any atom is 0.295 e. The van der Waals surface area contributed by atoms with E-state index >= 15 is 0 Å². The number of rotatable bonds is 6. The summed E-state index contributed by atoms with van der Waals surface area (Å²) in [7, 11) is 0. The molecule has 0 saturated carbocycles. The number of anilines is 1. The van der Waals surface area contributed by atoms with E-state index in [2.05, 4.69) is 10.6 Å². The van der Waals surface area contributed by atoms with Crippen LogP contribution in [0.5, 0.6) is 0 Å². The Balaban J connectivity index is 2.72. The van der Waals surface area contributed by atoms with Crippen LogP contribution in [-0.2, 0) is 4.79 Å². The summed E-state index contributed by atoms with van der Waals surface area (Å²) in [6, 6.07) is 3.02. The first-order valence-electron chi connectivity index (χ1n) is 5.49. The fourth-order valence-corrected chi connectivity index (χ4v) is 1.35. The van der Waals surface area contributed by atoms with Gasteiger partial charge in [0.15, 0.2) is 0 Å². The second-order valence-electron chi connectivity index (χ2n) is 3.57. The van der Waals surface area contributed by atoms with Crippen molar-refractivity contribution in [3.8, 4) is 0 Å². The van der Waals surface area contributed by atoms with Crippen LogP contribution in [0.15, 0.2) is 18.2 Å². The van der Waals surface area contributed by atoms with Gasteiger partial charge < -0.3 is 10.6 Å². The van der Waals surface area contributed by atoms with Crippen molar-refractivity contribution in [2.24, 2.45) is 0 Å². The van der Waals surface area contributed by atoms with Crippen molar-refractivity contribution in [1.82, 2.24) is 5.32 Å². The van der Waals surface area contributed by atoms with Crippen LogP contribution >= 0.6 is 0 Å². The van der Waals surface area contributed by atoms with Gasteiger partial charge in [0.2, 0.25) is 5.91 Å². The molecule has 98 valence electrons. The fraction of sp³-hybridized carbons (Fsp3) is 0.364. The second-order valence-corrected chi connectivity index (χ2v) is 3.57. The fourth-order valence-electron chi connectivity index (χ4n) is 1.35. The molecule has 0 aliphatic heterocycles. The number of nitro groups is 1. The normalized spacial score (nSPS) is 10.1. The first-order chi connectivity index (χ1) is 8.54. The van der Waals surface area contributed by atoms with Gasteiger partial charge in [-0.1, -0.05) is 6.92 Å². The minimum atomic E-state index is -0.733. The summed E-state index contributed by atoms with van der Waals surface area (Å²) in [6.07, 6.45) is 0.197. The molecule has 0 aromatic heterocycles. The van der Waals surface area contributed by atoms with E-state index in [1.54, 1.807) is 0 Å². The zero-order chi connectivity index (χ0) is 13.5. The van der Waals surface area contributed by atoms with Crippen molar-refractivity contribution in [2.45, 2.75) is 13.3 Å². The van der Waals surface area contributed by atoms with Crippen LogP contribution in [-0.4, -0.2) is 23.9 Å². The Morgan fingerprint density at radius 2 is 2.22 bits per heavy atom. The highest BCUT2D eigenvalue weighted by Crippen LogP contribution is 2.24. The van der Waals surface area contributed by atoms with Crippen LogP contribution < -0.4 is 10.6 Å². The van der Waals surface area contributed by atoms with Crippen molar-refractivity contribution in [2.75, 3.05) is 18.4 Å². The molecule has 1 rings (SSSR count). The number of halogens is 1. The number of nitrogens with zero attached hydrogens (tertiary/aromatic N) is 1. The number of carbonyl (C=O) groups excluding carboxylic acids is 1. The molecule has 0 radical (unpaired) electrons. The third kappa shape index (κ3) is 4.10. The Kier molecular flexibility index (Phi) is 5.19. The summed E-state index contributed by atoms with van der Waals surface area (Å²) >= 11 is 0. The zero-order valence-electron chi connectivity index (χ0n) is 9.90. The van der Waals surface area contributed by atoms with Crippen LogP contribution in [0.4, 0.5) is 15.8 Å². The highest BCUT2D eigenvalue weighted by Gasteiger charge is 2.16. The predicted molar refractivity (Wildman–Crippen MR) is 64.8 cm³/mol. The standard InChI is InChI=1S/C11H14FN3O3/c1-2-13-6-5-11(16)14-9-4-3-8(12)7-10(9)15(17)18/h3-4,7,13H,2,5-6H2,1H3,(H,14,16). The van der Waals surface area contributed by atoms with Gasteiger partial charge in [0.05, 0.1) is 11.0 Å². The third-order valence-corrected chi connectivity index (χ3v) is 2.21. The molecule has 7 heteroatoms. The summed E-state index contributed by atoms with van der Waals surface area (Å²) in [5.74, 6) is -1.07. The summed E-state index contributed by atoms with van der Waals surface area (Å²) in [6.45, 7) is 3.13. The molecule has 0 atom stereocenters. The largest absolute Gasteiger partial charge is 0.320 e. The molecule has 1 aromatic rings. The zero-order valence-corrected chi connectivity index (χ0v) is 9.90. The lowest BCUT2D eigenvalue weighted by Gasteiger charge is -2.06. The van der Waals surface area contributed by atoms with Crippen LogP contribution in [0.25, 0.3) is 0 Å². The average molecular weight is 255 g/mol. The first-order valence-corrected chi connectivity index (χ1v) is 5.49. The van der Waals surface area contributed by atoms with Crippen molar-refractivity contribution in [3.63, 3.8) is 0 Å². The molecule has 0 aliphatic carbocycles. The molecule has 0 saturated heterocycles. The minimum absolute atomic E-state index is 0.00268. The van der Waals surface area contributed by atoms with E-state index in [1.165, 1.54) is 6.07 Å². The van der Waals surface area contributed by atoms with Gasteiger partial charge in [-0.15, -0.1) is 0 Å². The highest BCUT2D eigenvalue weighted by atomic mass is 19.1. The Morgan fingerprint density at radius 1 is 1.50 bits per heavy atom. The van der Waals surface area contributed by atoms with E-state index in [-0.39, 0.29) is 18.0 Å². The van der Waals surface area contributed by atoms with Gasteiger partial charge in [-0.3, -0.25) is 14.9 Å². The molecule has 6 nitrogen and oxygen atoms in total. The van der Waals surface area contributed by atoms with E-state index in [4.69, 9.17) is 0 Å². The first kappa shape index (κ1) is 14.0. The van der Waals surface area contributed by atoms with E-state index < -0.39 is 16.4 Å². The summed E-state index contributed by atoms with van der Waals surface area (Å²) in [5.41, 5.74) is -0.449. The number of nitrogens with one attached hydrogen (secondary N) is 2. The maximum atomic E-state index is 12.9. The minimum Gasteiger partial charge on any atom is -0.320 e. The van der Waals surface area contributed by atoms with E-state index in [9.17, 15) is 19.3 Å². The Hall–Kier alpha value is -2.02. The number of carbonyl (C=O) groups is 1. The summed E-state index contributed by atoms with van der Waals surface area (Å²) < 4.78 is 12.9. The van der Waals surface area contributed by atoms with Crippen LogP contribution in [0.3, 0.4) is 0 Å². The number of nitro benzene ring substituents is 1. The SMILES string of the molecule is CCNCCC(=O)Nc1ccc(F)cc1[N+](=O)[O-]. The number of hydrogen-bond acceptors (Lipinski definition) is 4. The molecule has 18 heavy (non-hydrogen) atoms. The van der Waals surface area contributed by atoms with Crippen molar-refractivity contribution in [3.05, 3.63) is 34.1 Å². The molecule has 0 bridgehead atoms. The van der Waals surface area contributed by atoms with Gasteiger partial charge in [0, 0.05) is 13.0 Å². The molecule has 0 heterocycles. The second kappa shape index (κ2) is 6.65. The number of hydrogen-bond donors (Lipinski definition) is 2. The van der Waals surface area contributed by atoms with Crippen LogP contribution in [0.1, 0.15) is 13.3 Å². The lowest BCUT2D eigenvalue weighted by atomic mass is 10.2. The van der Waals surface area contributed by atoms with Crippen LogP contribution in [0.2, 0.25) is 0 Å². The van der Waals surface area contributed by atoms with Gasteiger partial charge in [0.25, 0.3) is 5.69 Å². The molecule has 0 fully saturated rings. The van der Waals surface area contributed by atoms with Gasteiger partial charge in [0.1, 0.15) is 11.5 Å². The van der Waals surface area contributed by atoms with Crippen molar-refractivity contribution in [1.29, 1.82) is 0 Å². The van der Waals surface area contributed by atoms with E-state index in [0.29, 0.717) is 6.54 Å². The Bertz CT molecular complexity index is 451. The molecule has 1 aromatic carbocycles. The summed E-state index contributed by atoms with van der Waals surface area (Å²) in [4.78, 5) is 21.4. The molecule has 0 spiro atoms. The maximum absolute atomic E-state index is 12.9. The van der Waals surface area contributed by atoms with Gasteiger partial charge in [-0.2, -0.15) is 0 Å². The number of benzene rings is 1. The smallest absolute Gasteiger partial charge is 0.295 e. The number of amides is 1. The van der Waals surface area contributed by atoms with Crippen LogP contribution in [0, 0.1) is 15.9 Å². The van der Waals surface area contributed by atoms with E-state index in [0.717, 1.165) is 18.7 Å².